The molecule has 0 spiro atoms. The Bertz CT molecular complexity index is 271. The standard InChI is InChI=1S/C15H28N2O2/c1-12(13-5-4-9-16-11-13)17-15(18)8-7-14-6-2-3-10-19-14/h12-14,16H,2-11H2,1H3,(H,17,18). The fraction of sp³-hybridized carbons (Fsp3) is 0.933. The van der Waals surface area contributed by atoms with Crippen molar-refractivity contribution in [1.82, 2.24) is 10.6 Å². The third kappa shape index (κ3) is 5.11. The summed E-state index contributed by atoms with van der Waals surface area (Å²) < 4.78 is 5.66. The molecule has 0 saturated carbocycles. The van der Waals surface area contributed by atoms with Gasteiger partial charge in [0.15, 0.2) is 0 Å². The van der Waals surface area contributed by atoms with E-state index in [9.17, 15) is 4.79 Å². The van der Waals surface area contributed by atoms with Crippen molar-refractivity contribution in [2.24, 2.45) is 5.92 Å². The molecule has 3 unspecified atom stereocenters. The van der Waals surface area contributed by atoms with Gasteiger partial charge in [-0.15, -0.1) is 0 Å². The highest BCUT2D eigenvalue weighted by atomic mass is 16.5. The van der Waals surface area contributed by atoms with Gasteiger partial charge in [0.05, 0.1) is 6.10 Å². The van der Waals surface area contributed by atoms with Crippen molar-refractivity contribution in [2.45, 2.75) is 64.0 Å². The van der Waals surface area contributed by atoms with Crippen LogP contribution in [0.15, 0.2) is 0 Å². The first-order valence-electron chi connectivity index (χ1n) is 7.87. The number of rotatable bonds is 5. The van der Waals surface area contributed by atoms with E-state index in [0.717, 1.165) is 32.5 Å². The molecule has 2 fully saturated rings. The van der Waals surface area contributed by atoms with Crippen LogP contribution in [0.1, 0.15) is 51.9 Å². The fourth-order valence-electron chi connectivity index (χ4n) is 3.08. The monoisotopic (exact) mass is 268 g/mol. The second kappa shape index (κ2) is 7.85. The van der Waals surface area contributed by atoms with E-state index in [4.69, 9.17) is 4.74 Å². The van der Waals surface area contributed by atoms with Crippen molar-refractivity contribution in [3.63, 3.8) is 0 Å². The first-order chi connectivity index (χ1) is 9.25. The quantitative estimate of drug-likeness (QED) is 0.800. The van der Waals surface area contributed by atoms with Crippen LogP contribution >= 0.6 is 0 Å². The first kappa shape index (κ1) is 14.8. The Morgan fingerprint density at radius 2 is 2.26 bits per heavy atom. The number of nitrogens with one attached hydrogen (secondary N) is 2. The molecule has 2 saturated heterocycles. The van der Waals surface area contributed by atoms with Gasteiger partial charge in [0.1, 0.15) is 0 Å². The Kier molecular flexibility index (Phi) is 6.11. The van der Waals surface area contributed by atoms with Crippen LogP contribution in [0, 0.1) is 5.92 Å². The molecule has 4 heteroatoms. The van der Waals surface area contributed by atoms with Gasteiger partial charge in [0, 0.05) is 19.1 Å². The highest BCUT2D eigenvalue weighted by molar-refractivity contribution is 5.76. The Labute approximate surface area is 116 Å². The van der Waals surface area contributed by atoms with Crippen LogP contribution in [0.4, 0.5) is 0 Å². The highest BCUT2D eigenvalue weighted by Crippen LogP contribution is 2.17. The SMILES string of the molecule is CC(NC(=O)CCC1CCCCO1)C1CCCNC1. The largest absolute Gasteiger partial charge is 0.378 e. The number of hydrogen-bond acceptors (Lipinski definition) is 3. The van der Waals surface area contributed by atoms with Crippen LogP contribution in [-0.2, 0) is 9.53 Å². The maximum atomic E-state index is 12.0. The van der Waals surface area contributed by atoms with E-state index < -0.39 is 0 Å². The number of carbonyl (C=O) groups excluding carboxylic acids is 1. The molecule has 0 aromatic carbocycles. The van der Waals surface area contributed by atoms with Crippen molar-refractivity contribution < 1.29 is 9.53 Å². The molecule has 2 rings (SSSR count). The molecular weight excluding hydrogens is 240 g/mol. The minimum Gasteiger partial charge on any atom is -0.378 e. The van der Waals surface area contributed by atoms with Crippen molar-refractivity contribution >= 4 is 5.91 Å². The second-order valence-electron chi connectivity index (χ2n) is 5.99. The van der Waals surface area contributed by atoms with E-state index in [2.05, 4.69) is 17.6 Å². The van der Waals surface area contributed by atoms with Gasteiger partial charge >= 0.3 is 0 Å². The Hall–Kier alpha value is -0.610. The lowest BCUT2D eigenvalue weighted by molar-refractivity contribution is -0.123. The summed E-state index contributed by atoms with van der Waals surface area (Å²) in [5, 5.41) is 6.56. The molecule has 1 amide bonds. The van der Waals surface area contributed by atoms with Gasteiger partial charge in [-0.25, -0.2) is 0 Å². The number of amides is 1. The molecule has 0 bridgehead atoms. The van der Waals surface area contributed by atoms with Crippen molar-refractivity contribution in [3.05, 3.63) is 0 Å². The molecule has 19 heavy (non-hydrogen) atoms. The minimum atomic E-state index is 0.187. The third-order valence-electron chi connectivity index (χ3n) is 4.40. The van der Waals surface area contributed by atoms with Crippen LogP contribution in [0.5, 0.6) is 0 Å². The molecule has 2 heterocycles. The van der Waals surface area contributed by atoms with Gasteiger partial charge in [-0.2, -0.15) is 0 Å². The van der Waals surface area contributed by atoms with Gasteiger partial charge in [-0.3, -0.25) is 4.79 Å². The summed E-state index contributed by atoms with van der Waals surface area (Å²) >= 11 is 0. The topological polar surface area (TPSA) is 50.4 Å². The molecule has 0 radical (unpaired) electrons. The normalized spacial score (nSPS) is 29.7. The summed E-state index contributed by atoms with van der Waals surface area (Å²) in [6.45, 7) is 5.16. The van der Waals surface area contributed by atoms with Crippen LogP contribution < -0.4 is 10.6 Å². The van der Waals surface area contributed by atoms with E-state index >= 15 is 0 Å². The van der Waals surface area contributed by atoms with E-state index in [1.807, 2.05) is 0 Å². The average Bonchev–Trinajstić information content (AvgIpc) is 2.47. The summed E-state index contributed by atoms with van der Waals surface area (Å²) in [6.07, 6.45) is 7.78. The van der Waals surface area contributed by atoms with Gasteiger partial charge in [-0.1, -0.05) is 0 Å². The first-order valence-corrected chi connectivity index (χ1v) is 7.87. The van der Waals surface area contributed by atoms with Crippen molar-refractivity contribution in [1.29, 1.82) is 0 Å². The highest BCUT2D eigenvalue weighted by Gasteiger charge is 2.22. The number of piperidine rings is 1. The maximum absolute atomic E-state index is 12.0. The molecule has 0 aliphatic carbocycles. The smallest absolute Gasteiger partial charge is 0.220 e. The lowest BCUT2D eigenvalue weighted by Gasteiger charge is -2.29. The number of carbonyl (C=O) groups is 1. The van der Waals surface area contributed by atoms with Gasteiger partial charge in [0.25, 0.3) is 0 Å². The predicted molar refractivity (Wildman–Crippen MR) is 76.0 cm³/mol. The van der Waals surface area contributed by atoms with E-state index in [-0.39, 0.29) is 11.9 Å². The van der Waals surface area contributed by atoms with E-state index in [1.165, 1.54) is 25.7 Å². The van der Waals surface area contributed by atoms with Crippen LogP contribution in [-0.4, -0.2) is 37.7 Å². The summed E-state index contributed by atoms with van der Waals surface area (Å²) in [7, 11) is 0. The van der Waals surface area contributed by atoms with Crippen LogP contribution in [0.25, 0.3) is 0 Å². The molecule has 0 aromatic heterocycles. The molecule has 4 nitrogen and oxygen atoms in total. The zero-order chi connectivity index (χ0) is 13.5. The lowest BCUT2D eigenvalue weighted by atomic mass is 9.92. The van der Waals surface area contributed by atoms with Crippen molar-refractivity contribution in [2.75, 3.05) is 19.7 Å². The molecule has 2 aliphatic rings. The molecule has 0 aromatic rings. The minimum absolute atomic E-state index is 0.187. The van der Waals surface area contributed by atoms with E-state index in [0.29, 0.717) is 18.4 Å². The zero-order valence-corrected chi connectivity index (χ0v) is 12.1. The molecule has 110 valence electrons. The summed E-state index contributed by atoms with van der Waals surface area (Å²) in [6, 6.07) is 0.285. The van der Waals surface area contributed by atoms with Gasteiger partial charge in [-0.05, 0) is 64.5 Å². The third-order valence-corrected chi connectivity index (χ3v) is 4.40. The number of hydrogen-bond donors (Lipinski definition) is 2. The van der Waals surface area contributed by atoms with E-state index in [1.54, 1.807) is 0 Å². The second-order valence-corrected chi connectivity index (χ2v) is 5.99. The van der Waals surface area contributed by atoms with Crippen molar-refractivity contribution in [3.8, 4) is 0 Å². The van der Waals surface area contributed by atoms with Gasteiger partial charge < -0.3 is 15.4 Å². The van der Waals surface area contributed by atoms with Crippen LogP contribution in [0.2, 0.25) is 0 Å². The predicted octanol–water partition coefficient (Wildman–Crippen LogP) is 1.84. The lowest BCUT2D eigenvalue weighted by Crippen LogP contribution is -2.44. The molecule has 3 atom stereocenters. The zero-order valence-electron chi connectivity index (χ0n) is 12.1. The van der Waals surface area contributed by atoms with Crippen LogP contribution in [0.3, 0.4) is 0 Å². The Morgan fingerprint density at radius 1 is 1.37 bits per heavy atom. The average molecular weight is 268 g/mol. The number of ether oxygens (including phenoxy) is 1. The Morgan fingerprint density at radius 3 is 2.95 bits per heavy atom. The molecule has 2 N–H and O–H groups in total. The maximum Gasteiger partial charge on any atom is 0.220 e. The fourth-order valence-corrected chi connectivity index (χ4v) is 3.08. The summed E-state index contributed by atoms with van der Waals surface area (Å²) in [4.78, 5) is 12.0. The molecule has 2 aliphatic heterocycles. The van der Waals surface area contributed by atoms with Gasteiger partial charge in [0.2, 0.25) is 5.91 Å². The molecular formula is C15H28N2O2. The summed E-state index contributed by atoms with van der Waals surface area (Å²) in [5.74, 6) is 0.774. The summed E-state index contributed by atoms with van der Waals surface area (Å²) in [5.41, 5.74) is 0. The Balaban J connectivity index is 1.62.